The Balaban J connectivity index is 1.59. The molecule has 1 aromatic rings. The molecule has 2 fully saturated rings. The summed E-state index contributed by atoms with van der Waals surface area (Å²) in [5.74, 6) is 1.31. The van der Waals surface area contributed by atoms with Gasteiger partial charge in [0.2, 0.25) is 0 Å². The topological polar surface area (TPSA) is 56.2 Å². The van der Waals surface area contributed by atoms with Gasteiger partial charge in [-0.05, 0) is 37.5 Å². The Bertz CT molecular complexity index is 476. The zero-order valence-electron chi connectivity index (χ0n) is 11.2. The minimum Gasteiger partial charge on any atom is -0.383 e. The predicted molar refractivity (Wildman–Crippen MR) is 73.3 cm³/mol. The molecule has 2 heterocycles. The molecule has 5 nitrogen and oxygen atoms in total. The zero-order chi connectivity index (χ0) is 13.1. The fourth-order valence-electron chi connectivity index (χ4n) is 2.43. The number of nitrogens with zero attached hydrogens (tertiary/aromatic N) is 2. The van der Waals surface area contributed by atoms with Gasteiger partial charge in [-0.25, -0.2) is 4.68 Å². The van der Waals surface area contributed by atoms with Gasteiger partial charge >= 0.3 is 0 Å². The van der Waals surface area contributed by atoms with E-state index in [0.717, 1.165) is 44.2 Å². The van der Waals surface area contributed by atoms with E-state index in [-0.39, 0.29) is 5.56 Å². The number of rotatable bonds is 5. The van der Waals surface area contributed by atoms with Crippen molar-refractivity contribution in [3.63, 3.8) is 0 Å². The highest BCUT2D eigenvalue weighted by atomic mass is 16.5. The molecule has 19 heavy (non-hydrogen) atoms. The van der Waals surface area contributed by atoms with E-state index in [2.05, 4.69) is 10.4 Å². The summed E-state index contributed by atoms with van der Waals surface area (Å²) in [6.45, 7) is 3.29. The summed E-state index contributed by atoms with van der Waals surface area (Å²) in [6, 6.07) is 1.66. The third-order valence-electron chi connectivity index (χ3n) is 3.93. The quantitative estimate of drug-likeness (QED) is 0.874. The highest BCUT2D eigenvalue weighted by Gasteiger charge is 2.20. The maximum absolute atomic E-state index is 12.0. The summed E-state index contributed by atoms with van der Waals surface area (Å²) >= 11 is 0. The fraction of sp³-hybridized carbons (Fsp3) is 0.714. The van der Waals surface area contributed by atoms with Crippen molar-refractivity contribution in [1.29, 1.82) is 0 Å². The van der Waals surface area contributed by atoms with Gasteiger partial charge in [0.15, 0.2) is 0 Å². The fourth-order valence-corrected chi connectivity index (χ4v) is 2.43. The second-order valence-electron chi connectivity index (χ2n) is 5.64. The Hall–Kier alpha value is -1.36. The maximum atomic E-state index is 12.0. The van der Waals surface area contributed by atoms with Gasteiger partial charge in [0.1, 0.15) is 0 Å². The van der Waals surface area contributed by atoms with E-state index in [4.69, 9.17) is 4.74 Å². The van der Waals surface area contributed by atoms with E-state index < -0.39 is 0 Å². The van der Waals surface area contributed by atoms with Crippen molar-refractivity contribution >= 4 is 5.69 Å². The Morgan fingerprint density at radius 2 is 2.05 bits per heavy atom. The molecule has 3 rings (SSSR count). The predicted octanol–water partition coefficient (Wildman–Crippen LogP) is 1.49. The van der Waals surface area contributed by atoms with Gasteiger partial charge in [-0.3, -0.25) is 4.79 Å². The first-order valence-electron chi connectivity index (χ1n) is 7.20. The molecule has 0 spiro atoms. The lowest BCUT2D eigenvalue weighted by Crippen LogP contribution is -2.29. The molecule has 5 heteroatoms. The van der Waals surface area contributed by atoms with Crippen LogP contribution < -0.4 is 10.9 Å². The van der Waals surface area contributed by atoms with Crippen LogP contribution in [0.25, 0.3) is 0 Å². The highest BCUT2D eigenvalue weighted by Crippen LogP contribution is 2.28. The van der Waals surface area contributed by atoms with E-state index in [9.17, 15) is 4.79 Å². The Labute approximate surface area is 113 Å². The number of anilines is 1. The number of ether oxygens (including phenoxy) is 1. The van der Waals surface area contributed by atoms with Crippen LogP contribution in [0.5, 0.6) is 0 Å². The van der Waals surface area contributed by atoms with Gasteiger partial charge < -0.3 is 10.1 Å². The van der Waals surface area contributed by atoms with Crippen LogP contribution in [0.4, 0.5) is 5.69 Å². The molecule has 1 N–H and O–H groups in total. The molecule has 2 aliphatic rings. The largest absolute Gasteiger partial charge is 0.383 e. The van der Waals surface area contributed by atoms with E-state index >= 15 is 0 Å². The summed E-state index contributed by atoms with van der Waals surface area (Å²) in [5, 5.41) is 7.55. The number of hydrogen-bond donors (Lipinski definition) is 1. The standard InChI is InChI=1S/C14H21N3O2/c18-14-7-13(15-8-11-1-2-11)9-16-17(14)10-12-3-5-19-6-4-12/h7,9,11-12,15H,1-6,8,10H2. The lowest BCUT2D eigenvalue weighted by atomic mass is 10.0. The molecule has 1 aliphatic carbocycles. The smallest absolute Gasteiger partial charge is 0.268 e. The summed E-state index contributed by atoms with van der Waals surface area (Å²) < 4.78 is 6.91. The van der Waals surface area contributed by atoms with Gasteiger partial charge in [-0.1, -0.05) is 0 Å². The van der Waals surface area contributed by atoms with Gasteiger partial charge in [-0.15, -0.1) is 0 Å². The van der Waals surface area contributed by atoms with Crippen LogP contribution in [0, 0.1) is 11.8 Å². The Kier molecular flexibility index (Phi) is 3.82. The normalized spacial score (nSPS) is 20.4. The minimum absolute atomic E-state index is 0.00714. The molecule has 0 bridgehead atoms. The molecule has 0 unspecified atom stereocenters. The van der Waals surface area contributed by atoms with Crippen molar-refractivity contribution < 1.29 is 4.74 Å². The summed E-state index contributed by atoms with van der Waals surface area (Å²) in [6.07, 6.45) is 6.43. The summed E-state index contributed by atoms with van der Waals surface area (Å²) in [7, 11) is 0. The van der Waals surface area contributed by atoms with Crippen molar-refractivity contribution in [3.05, 3.63) is 22.6 Å². The molecule has 0 amide bonds. The number of aromatic nitrogens is 2. The van der Waals surface area contributed by atoms with Crippen molar-refractivity contribution in [1.82, 2.24) is 9.78 Å². The van der Waals surface area contributed by atoms with E-state index in [1.54, 1.807) is 16.9 Å². The van der Waals surface area contributed by atoms with E-state index in [0.29, 0.717) is 12.5 Å². The molecule has 0 atom stereocenters. The van der Waals surface area contributed by atoms with Crippen molar-refractivity contribution in [3.8, 4) is 0 Å². The zero-order valence-corrected chi connectivity index (χ0v) is 11.2. The monoisotopic (exact) mass is 263 g/mol. The first-order valence-corrected chi connectivity index (χ1v) is 7.20. The van der Waals surface area contributed by atoms with Gasteiger partial charge in [0.25, 0.3) is 5.56 Å². The van der Waals surface area contributed by atoms with Crippen LogP contribution in [0.1, 0.15) is 25.7 Å². The minimum atomic E-state index is -0.00714. The molecule has 0 aromatic carbocycles. The first-order chi connectivity index (χ1) is 9.31. The van der Waals surface area contributed by atoms with Gasteiger partial charge in [0.05, 0.1) is 11.9 Å². The average Bonchev–Trinajstić information content (AvgIpc) is 3.25. The van der Waals surface area contributed by atoms with Crippen molar-refractivity contribution in [2.24, 2.45) is 11.8 Å². The molecular weight excluding hydrogens is 242 g/mol. The lowest BCUT2D eigenvalue weighted by molar-refractivity contribution is 0.0596. The number of hydrogen-bond acceptors (Lipinski definition) is 4. The molecule has 0 radical (unpaired) electrons. The lowest BCUT2D eigenvalue weighted by Gasteiger charge is -2.22. The van der Waals surface area contributed by atoms with Crippen LogP contribution in [-0.4, -0.2) is 29.5 Å². The molecule has 1 aromatic heterocycles. The van der Waals surface area contributed by atoms with Crippen molar-refractivity contribution in [2.45, 2.75) is 32.2 Å². The van der Waals surface area contributed by atoms with Gasteiger partial charge in [0, 0.05) is 32.4 Å². The second kappa shape index (κ2) is 5.74. The molecular formula is C14H21N3O2. The van der Waals surface area contributed by atoms with Gasteiger partial charge in [-0.2, -0.15) is 5.10 Å². The van der Waals surface area contributed by atoms with Crippen LogP contribution in [-0.2, 0) is 11.3 Å². The second-order valence-corrected chi connectivity index (χ2v) is 5.64. The number of nitrogens with one attached hydrogen (secondary N) is 1. The maximum Gasteiger partial charge on any atom is 0.268 e. The third-order valence-corrected chi connectivity index (χ3v) is 3.93. The van der Waals surface area contributed by atoms with Crippen LogP contribution >= 0.6 is 0 Å². The van der Waals surface area contributed by atoms with Crippen molar-refractivity contribution in [2.75, 3.05) is 25.1 Å². The third kappa shape index (κ3) is 3.56. The molecule has 1 aliphatic heterocycles. The molecule has 1 saturated heterocycles. The Morgan fingerprint density at radius 1 is 1.26 bits per heavy atom. The molecule has 1 saturated carbocycles. The average molecular weight is 263 g/mol. The summed E-state index contributed by atoms with van der Waals surface area (Å²) in [5.41, 5.74) is 0.840. The highest BCUT2D eigenvalue weighted by molar-refractivity contribution is 5.38. The SMILES string of the molecule is O=c1cc(NCC2CC2)cnn1CC1CCOCC1. The Morgan fingerprint density at radius 3 is 2.74 bits per heavy atom. The van der Waals surface area contributed by atoms with Crippen LogP contribution in [0.2, 0.25) is 0 Å². The molecule has 104 valence electrons. The summed E-state index contributed by atoms with van der Waals surface area (Å²) in [4.78, 5) is 12.0. The first kappa shape index (κ1) is 12.7. The van der Waals surface area contributed by atoms with Crippen LogP contribution in [0.15, 0.2) is 17.1 Å². The van der Waals surface area contributed by atoms with E-state index in [1.807, 2.05) is 0 Å². The van der Waals surface area contributed by atoms with Crippen LogP contribution in [0.3, 0.4) is 0 Å². The van der Waals surface area contributed by atoms with E-state index in [1.165, 1.54) is 12.8 Å².